The van der Waals surface area contributed by atoms with E-state index in [9.17, 15) is 4.79 Å². The average Bonchev–Trinajstić information content (AvgIpc) is 2.85. The molecule has 0 spiro atoms. The molecule has 3 heteroatoms. The van der Waals surface area contributed by atoms with Crippen LogP contribution in [-0.4, -0.2) is 6.29 Å². The second-order valence-corrected chi connectivity index (χ2v) is 5.86. The Morgan fingerprint density at radius 1 is 1.16 bits per heavy atom. The first-order chi connectivity index (χ1) is 9.13. The smallest absolute Gasteiger partial charge is 0.150 e. The molecule has 1 heterocycles. The molecule has 0 fully saturated rings. The summed E-state index contributed by atoms with van der Waals surface area (Å²) in [6, 6.07) is 8.00. The molecule has 19 heavy (non-hydrogen) atoms. The number of hydrogen-bond donors (Lipinski definition) is 0. The van der Waals surface area contributed by atoms with Crippen molar-refractivity contribution < 1.29 is 9.53 Å². The molecular formula is C16H18O2S. The fraction of sp³-hybridized carbons (Fsp3) is 0.312. The van der Waals surface area contributed by atoms with E-state index < -0.39 is 0 Å². The van der Waals surface area contributed by atoms with Crippen molar-refractivity contribution in [2.24, 2.45) is 0 Å². The molecule has 0 aliphatic heterocycles. The van der Waals surface area contributed by atoms with Crippen LogP contribution in [0.15, 0.2) is 24.3 Å². The van der Waals surface area contributed by atoms with Crippen molar-refractivity contribution in [2.75, 3.05) is 0 Å². The minimum atomic E-state index is 0.590. The van der Waals surface area contributed by atoms with Crippen LogP contribution in [0.4, 0.5) is 0 Å². The van der Waals surface area contributed by atoms with Gasteiger partial charge < -0.3 is 4.74 Å². The summed E-state index contributed by atoms with van der Waals surface area (Å²) < 4.78 is 5.91. The van der Waals surface area contributed by atoms with Crippen molar-refractivity contribution in [3.05, 3.63) is 50.7 Å². The van der Waals surface area contributed by atoms with Gasteiger partial charge in [0, 0.05) is 15.3 Å². The molecule has 1 aromatic carbocycles. The number of rotatable bonds is 5. The van der Waals surface area contributed by atoms with E-state index >= 15 is 0 Å². The van der Waals surface area contributed by atoms with E-state index in [0.717, 1.165) is 29.6 Å². The van der Waals surface area contributed by atoms with Gasteiger partial charge in [0.05, 0.1) is 0 Å². The molecule has 0 saturated heterocycles. The van der Waals surface area contributed by atoms with Crippen LogP contribution in [0.2, 0.25) is 0 Å². The Labute approximate surface area is 118 Å². The maximum Gasteiger partial charge on any atom is 0.150 e. The third-order valence-corrected chi connectivity index (χ3v) is 4.25. The molecule has 0 aliphatic rings. The van der Waals surface area contributed by atoms with Crippen molar-refractivity contribution in [3.63, 3.8) is 0 Å². The maximum atomic E-state index is 10.8. The Bertz CT molecular complexity index is 561. The predicted molar refractivity (Wildman–Crippen MR) is 79.3 cm³/mol. The number of hydrogen-bond acceptors (Lipinski definition) is 3. The number of thiophene rings is 1. The van der Waals surface area contributed by atoms with Gasteiger partial charge >= 0.3 is 0 Å². The third kappa shape index (κ3) is 3.24. The normalized spacial score (nSPS) is 10.5. The number of benzene rings is 1. The number of aryl methyl sites for hydroxylation is 3. The Kier molecular flexibility index (Phi) is 4.38. The van der Waals surface area contributed by atoms with Crippen LogP contribution in [-0.2, 0) is 13.0 Å². The zero-order valence-electron chi connectivity index (χ0n) is 11.5. The van der Waals surface area contributed by atoms with E-state index in [-0.39, 0.29) is 0 Å². The van der Waals surface area contributed by atoms with E-state index in [1.807, 2.05) is 26.0 Å². The lowest BCUT2D eigenvalue weighted by Crippen LogP contribution is -1.98. The zero-order valence-corrected chi connectivity index (χ0v) is 12.3. The highest BCUT2D eigenvalue weighted by molar-refractivity contribution is 7.11. The molecule has 0 aliphatic carbocycles. The van der Waals surface area contributed by atoms with Crippen LogP contribution in [0.5, 0.6) is 5.75 Å². The molecule has 0 bridgehead atoms. The lowest BCUT2D eigenvalue weighted by atomic mass is 10.1. The molecule has 0 N–H and O–H groups in total. The van der Waals surface area contributed by atoms with Gasteiger partial charge in [0.25, 0.3) is 0 Å². The summed E-state index contributed by atoms with van der Waals surface area (Å²) in [5.74, 6) is 0.886. The highest BCUT2D eigenvalue weighted by atomic mass is 32.1. The van der Waals surface area contributed by atoms with Crippen molar-refractivity contribution >= 4 is 17.6 Å². The molecule has 2 rings (SSSR count). The number of ether oxygens (including phenoxy) is 1. The first-order valence-corrected chi connectivity index (χ1v) is 7.22. The van der Waals surface area contributed by atoms with Crippen molar-refractivity contribution in [1.82, 2.24) is 0 Å². The molecule has 0 unspecified atom stereocenters. The molecular weight excluding hydrogens is 256 g/mol. The van der Waals surface area contributed by atoms with Gasteiger partial charge in [-0.2, -0.15) is 0 Å². The Morgan fingerprint density at radius 3 is 2.32 bits per heavy atom. The van der Waals surface area contributed by atoms with E-state index in [2.05, 4.69) is 19.1 Å². The average molecular weight is 274 g/mol. The zero-order chi connectivity index (χ0) is 13.8. The number of carbonyl (C=O) groups is 1. The summed E-state index contributed by atoms with van der Waals surface area (Å²) in [5.41, 5.74) is 2.72. The highest BCUT2D eigenvalue weighted by Gasteiger charge is 2.07. The minimum Gasteiger partial charge on any atom is -0.488 e. The SMILES string of the molecule is CCc1ccc(COc2c(C)cc(C=O)cc2C)s1. The van der Waals surface area contributed by atoms with Crippen molar-refractivity contribution in [1.29, 1.82) is 0 Å². The largest absolute Gasteiger partial charge is 0.488 e. The highest BCUT2D eigenvalue weighted by Crippen LogP contribution is 2.26. The molecule has 100 valence electrons. The van der Waals surface area contributed by atoms with Crippen LogP contribution in [0.3, 0.4) is 0 Å². The van der Waals surface area contributed by atoms with Gasteiger partial charge in [-0.1, -0.05) is 6.92 Å². The van der Waals surface area contributed by atoms with E-state index in [1.165, 1.54) is 9.75 Å². The molecule has 0 radical (unpaired) electrons. The fourth-order valence-electron chi connectivity index (χ4n) is 2.11. The Hall–Kier alpha value is -1.61. The van der Waals surface area contributed by atoms with Crippen LogP contribution >= 0.6 is 11.3 Å². The molecule has 0 atom stereocenters. The molecule has 2 aromatic rings. The Balaban J connectivity index is 2.13. The fourth-order valence-corrected chi connectivity index (χ4v) is 2.98. The van der Waals surface area contributed by atoms with Gasteiger partial charge in [-0.05, 0) is 55.7 Å². The summed E-state index contributed by atoms with van der Waals surface area (Å²) in [6.07, 6.45) is 1.94. The first-order valence-electron chi connectivity index (χ1n) is 6.41. The van der Waals surface area contributed by atoms with E-state index in [4.69, 9.17) is 4.74 Å². The molecule has 0 saturated carbocycles. The summed E-state index contributed by atoms with van der Waals surface area (Å²) in [5, 5.41) is 0. The quantitative estimate of drug-likeness (QED) is 0.759. The molecule has 0 amide bonds. The maximum absolute atomic E-state index is 10.8. The van der Waals surface area contributed by atoms with Gasteiger partial charge in [0.15, 0.2) is 0 Å². The minimum absolute atomic E-state index is 0.590. The van der Waals surface area contributed by atoms with Crippen molar-refractivity contribution in [3.8, 4) is 5.75 Å². The van der Waals surface area contributed by atoms with E-state index in [0.29, 0.717) is 12.2 Å². The van der Waals surface area contributed by atoms with E-state index in [1.54, 1.807) is 11.3 Å². The standard InChI is InChI=1S/C16H18O2S/c1-4-14-5-6-15(19-14)10-18-16-11(2)7-13(9-17)8-12(16)3/h5-9H,4,10H2,1-3H3. The second-order valence-electron chi connectivity index (χ2n) is 4.61. The summed E-state index contributed by atoms with van der Waals surface area (Å²) in [4.78, 5) is 13.4. The summed E-state index contributed by atoms with van der Waals surface area (Å²) in [6.45, 7) is 6.69. The Morgan fingerprint density at radius 2 is 1.79 bits per heavy atom. The summed E-state index contributed by atoms with van der Waals surface area (Å²) >= 11 is 1.79. The molecule has 2 nitrogen and oxygen atoms in total. The lowest BCUT2D eigenvalue weighted by molar-refractivity contribution is 0.112. The van der Waals surface area contributed by atoms with Gasteiger partial charge in [-0.3, -0.25) is 4.79 Å². The topological polar surface area (TPSA) is 26.3 Å². The van der Waals surface area contributed by atoms with Crippen molar-refractivity contribution in [2.45, 2.75) is 33.8 Å². The predicted octanol–water partition coefficient (Wildman–Crippen LogP) is 4.32. The van der Waals surface area contributed by atoms with Crippen LogP contribution < -0.4 is 4.74 Å². The molecule has 1 aromatic heterocycles. The van der Waals surface area contributed by atoms with Gasteiger partial charge in [0.1, 0.15) is 18.6 Å². The van der Waals surface area contributed by atoms with Crippen LogP contribution in [0.25, 0.3) is 0 Å². The lowest BCUT2D eigenvalue weighted by Gasteiger charge is -2.12. The second kappa shape index (κ2) is 6.02. The van der Waals surface area contributed by atoms with Crippen LogP contribution in [0.1, 0.15) is 38.2 Å². The van der Waals surface area contributed by atoms with Gasteiger partial charge in [-0.25, -0.2) is 0 Å². The monoisotopic (exact) mass is 274 g/mol. The third-order valence-electron chi connectivity index (χ3n) is 3.04. The first kappa shape index (κ1) is 13.8. The van der Waals surface area contributed by atoms with Crippen LogP contribution in [0, 0.1) is 13.8 Å². The number of aldehydes is 1. The number of carbonyl (C=O) groups excluding carboxylic acids is 1. The van der Waals surface area contributed by atoms with Gasteiger partial charge in [-0.15, -0.1) is 11.3 Å². The summed E-state index contributed by atoms with van der Waals surface area (Å²) in [7, 11) is 0. The van der Waals surface area contributed by atoms with Gasteiger partial charge in [0.2, 0.25) is 0 Å².